The van der Waals surface area contributed by atoms with Gasteiger partial charge in [0.2, 0.25) is 0 Å². The number of nitrogens with one attached hydrogen (secondary N) is 2. The van der Waals surface area contributed by atoms with Gasteiger partial charge in [-0.1, -0.05) is 22.0 Å². The van der Waals surface area contributed by atoms with Crippen LogP contribution in [0.4, 0.5) is 11.5 Å². The highest BCUT2D eigenvalue weighted by molar-refractivity contribution is 9.10. The van der Waals surface area contributed by atoms with Gasteiger partial charge in [-0.2, -0.15) is 0 Å². The van der Waals surface area contributed by atoms with Crippen molar-refractivity contribution in [2.75, 3.05) is 5.32 Å². The van der Waals surface area contributed by atoms with Crippen LogP contribution >= 0.6 is 15.9 Å². The van der Waals surface area contributed by atoms with Gasteiger partial charge in [-0.25, -0.2) is 0 Å². The Morgan fingerprint density at radius 3 is 2.68 bits per heavy atom. The average molecular weight is 398 g/mol. The summed E-state index contributed by atoms with van der Waals surface area (Å²) in [5, 5.41) is 14.0. The summed E-state index contributed by atoms with van der Waals surface area (Å²) in [6.07, 6.45) is 1.69. The first kappa shape index (κ1) is 17.0. The molecule has 3 rings (SSSR count). The molecule has 0 atom stereocenters. The first-order valence-corrected chi connectivity index (χ1v) is 8.46. The van der Waals surface area contributed by atoms with Gasteiger partial charge in [0.25, 0.3) is 5.91 Å². The smallest absolute Gasteiger partial charge is 0.272 e. The molecule has 0 saturated heterocycles. The second-order valence-electron chi connectivity index (χ2n) is 5.40. The van der Waals surface area contributed by atoms with E-state index in [1.165, 1.54) is 0 Å². The van der Waals surface area contributed by atoms with Crippen molar-refractivity contribution in [3.05, 3.63) is 76.2 Å². The van der Waals surface area contributed by atoms with Crippen LogP contribution in [0.2, 0.25) is 0 Å². The van der Waals surface area contributed by atoms with E-state index in [1.807, 2.05) is 43.3 Å². The Kier molecular flexibility index (Phi) is 5.35. The lowest BCUT2D eigenvalue weighted by Crippen LogP contribution is -2.24. The number of hydrogen-bond acceptors (Lipinski definition) is 5. The molecule has 0 fully saturated rings. The molecule has 126 valence electrons. The number of nitrogens with zero attached hydrogens (tertiary/aromatic N) is 3. The fourth-order valence-electron chi connectivity index (χ4n) is 2.15. The molecule has 0 aliphatic rings. The van der Waals surface area contributed by atoms with Crippen molar-refractivity contribution < 1.29 is 4.79 Å². The zero-order chi connectivity index (χ0) is 17.6. The third kappa shape index (κ3) is 4.60. The van der Waals surface area contributed by atoms with Gasteiger partial charge in [-0.05, 0) is 55.0 Å². The normalized spacial score (nSPS) is 10.3. The molecule has 6 nitrogen and oxygen atoms in total. The summed E-state index contributed by atoms with van der Waals surface area (Å²) in [4.78, 5) is 16.3. The average Bonchev–Trinajstić information content (AvgIpc) is 2.64. The Bertz CT molecular complexity index is 868. The van der Waals surface area contributed by atoms with Crippen LogP contribution in [0.5, 0.6) is 0 Å². The highest BCUT2D eigenvalue weighted by Gasteiger charge is 2.08. The first-order valence-electron chi connectivity index (χ1n) is 7.67. The molecule has 0 bridgehead atoms. The van der Waals surface area contributed by atoms with Crippen LogP contribution in [-0.4, -0.2) is 21.1 Å². The minimum atomic E-state index is -0.288. The minimum absolute atomic E-state index is 0.258. The van der Waals surface area contributed by atoms with E-state index in [2.05, 4.69) is 41.7 Å². The fraction of sp³-hybridized carbons (Fsp3) is 0.111. The van der Waals surface area contributed by atoms with Gasteiger partial charge in [0, 0.05) is 16.4 Å². The number of halogens is 1. The summed E-state index contributed by atoms with van der Waals surface area (Å²) >= 11 is 3.47. The predicted molar refractivity (Wildman–Crippen MR) is 99.6 cm³/mol. The predicted octanol–water partition coefficient (Wildman–Crippen LogP) is 3.62. The van der Waals surface area contributed by atoms with Gasteiger partial charge < -0.3 is 10.6 Å². The largest absolute Gasteiger partial charge is 0.345 e. The maximum atomic E-state index is 12.1. The van der Waals surface area contributed by atoms with Crippen LogP contribution in [0.25, 0.3) is 0 Å². The molecule has 1 amide bonds. The SMILES string of the molecule is Cc1cc(Nc2ccc(C(=O)NCc3ccccn3)nn2)ccc1Br. The zero-order valence-electron chi connectivity index (χ0n) is 13.5. The third-order valence-electron chi connectivity index (χ3n) is 3.48. The van der Waals surface area contributed by atoms with Crippen LogP contribution < -0.4 is 10.6 Å². The van der Waals surface area contributed by atoms with Crippen LogP contribution in [0.15, 0.2) is 59.2 Å². The molecule has 0 saturated carbocycles. The number of carbonyl (C=O) groups excluding carboxylic acids is 1. The molecule has 2 heterocycles. The molecule has 7 heteroatoms. The van der Waals surface area contributed by atoms with E-state index >= 15 is 0 Å². The van der Waals surface area contributed by atoms with Crippen molar-refractivity contribution in [3.63, 3.8) is 0 Å². The van der Waals surface area contributed by atoms with E-state index in [0.717, 1.165) is 21.4 Å². The number of benzene rings is 1. The van der Waals surface area contributed by atoms with Crippen LogP contribution in [-0.2, 0) is 6.54 Å². The highest BCUT2D eigenvalue weighted by atomic mass is 79.9. The molecule has 3 aromatic rings. The second-order valence-corrected chi connectivity index (χ2v) is 6.25. The highest BCUT2D eigenvalue weighted by Crippen LogP contribution is 2.22. The first-order chi connectivity index (χ1) is 12.1. The number of amides is 1. The lowest BCUT2D eigenvalue weighted by Gasteiger charge is -2.08. The van der Waals surface area contributed by atoms with Crippen LogP contribution in [0, 0.1) is 6.92 Å². The lowest BCUT2D eigenvalue weighted by atomic mass is 10.2. The number of hydrogen-bond donors (Lipinski definition) is 2. The summed E-state index contributed by atoms with van der Waals surface area (Å²) in [7, 11) is 0. The summed E-state index contributed by atoms with van der Waals surface area (Å²) in [5.41, 5.74) is 3.06. The van der Waals surface area contributed by atoms with Crippen LogP contribution in [0.3, 0.4) is 0 Å². The number of aryl methyl sites for hydroxylation is 1. The number of aromatic nitrogens is 3. The standard InChI is InChI=1S/C18H16BrN5O/c1-12-10-13(5-6-15(12)19)22-17-8-7-16(23-24-17)18(25)21-11-14-4-2-3-9-20-14/h2-10H,11H2,1H3,(H,21,25)(H,22,24). The van der Waals surface area contributed by atoms with E-state index < -0.39 is 0 Å². The van der Waals surface area contributed by atoms with E-state index in [-0.39, 0.29) is 11.6 Å². The molecule has 0 radical (unpaired) electrons. The van der Waals surface area contributed by atoms with Crippen molar-refractivity contribution >= 4 is 33.3 Å². The maximum Gasteiger partial charge on any atom is 0.272 e. The second kappa shape index (κ2) is 7.85. The van der Waals surface area contributed by atoms with E-state index in [4.69, 9.17) is 0 Å². The molecule has 2 aromatic heterocycles. The number of pyridine rings is 1. The minimum Gasteiger partial charge on any atom is -0.345 e. The van der Waals surface area contributed by atoms with Gasteiger partial charge in [0.15, 0.2) is 11.5 Å². The Morgan fingerprint density at radius 2 is 2.00 bits per heavy atom. The van der Waals surface area contributed by atoms with Gasteiger partial charge >= 0.3 is 0 Å². The Morgan fingerprint density at radius 1 is 1.12 bits per heavy atom. The van der Waals surface area contributed by atoms with Crippen molar-refractivity contribution in [1.29, 1.82) is 0 Å². The van der Waals surface area contributed by atoms with Gasteiger partial charge in [-0.15, -0.1) is 10.2 Å². The summed E-state index contributed by atoms with van der Waals surface area (Å²) in [6, 6.07) is 14.8. The van der Waals surface area contributed by atoms with E-state index in [0.29, 0.717) is 12.4 Å². The van der Waals surface area contributed by atoms with E-state index in [1.54, 1.807) is 18.3 Å². The third-order valence-corrected chi connectivity index (χ3v) is 4.37. The van der Waals surface area contributed by atoms with Crippen molar-refractivity contribution in [2.24, 2.45) is 0 Å². The zero-order valence-corrected chi connectivity index (χ0v) is 15.1. The van der Waals surface area contributed by atoms with Gasteiger partial charge in [-0.3, -0.25) is 9.78 Å². The van der Waals surface area contributed by atoms with E-state index in [9.17, 15) is 4.79 Å². The fourth-order valence-corrected chi connectivity index (χ4v) is 2.40. The quantitative estimate of drug-likeness (QED) is 0.687. The topological polar surface area (TPSA) is 79.8 Å². The molecule has 0 spiro atoms. The van der Waals surface area contributed by atoms with Crippen molar-refractivity contribution in [3.8, 4) is 0 Å². The monoisotopic (exact) mass is 397 g/mol. The Balaban J connectivity index is 1.61. The summed E-state index contributed by atoms with van der Waals surface area (Å²) in [6.45, 7) is 2.36. The lowest BCUT2D eigenvalue weighted by molar-refractivity contribution is 0.0944. The van der Waals surface area contributed by atoms with Gasteiger partial charge in [0.1, 0.15) is 0 Å². The molecule has 2 N–H and O–H groups in total. The summed E-state index contributed by atoms with van der Waals surface area (Å²) in [5.74, 6) is 0.284. The van der Waals surface area contributed by atoms with Gasteiger partial charge in [0.05, 0.1) is 12.2 Å². The Labute approximate surface area is 153 Å². The molecular formula is C18H16BrN5O. The summed E-state index contributed by atoms with van der Waals surface area (Å²) < 4.78 is 1.05. The van der Waals surface area contributed by atoms with Crippen molar-refractivity contribution in [2.45, 2.75) is 13.5 Å². The maximum absolute atomic E-state index is 12.1. The molecule has 0 aliphatic carbocycles. The Hall–Kier alpha value is -2.80. The molecular weight excluding hydrogens is 382 g/mol. The van der Waals surface area contributed by atoms with Crippen molar-refractivity contribution in [1.82, 2.24) is 20.5 Å². The molecule has 0 unspecified atom stereocenters. The molecule has 1 aromatic carbocycles. The van der Waals surface area contributed by atoms with Crippen LogP contribution in [0.1, 0.15) is 21.7 Å². The molecule has 0 aliphatic heterocycles. The number of anilines is 2. The molecule has 25 heavy (non-hydrogen) atoms. The number of rotatable bonds is 5. The number of carbonyl (C=O) groups is 1.